The first-order valence-electron chi connectivity index (χ1n) is 6.65. The lowest BCUT2D eigenvalue weighted by atomic mass is 10.1. The monoisotopic (exact) mass is 356 g/mol. The number of nitrogens with zero attached hydrogens (tertiary/aromatic N) is 3. The number of halogens is 1. The minimum absolute atomic E-state index is 0.164. The van der Waals surface area contributed by atoms with E-state index in [4.69, 9.17) is 0 Å². The molecule has 6 heteroatoms. The topological polar surface area (TPSA) is 59.8 Å². The minimum Gasteiger partial charge on any atom is -0.322 e. The third-order valence-electron chi connectivity index (χ3n) is 3.21. The Morgan fingerprint density at radius 1 is 1.18 bits per heavy atom. The molecule has 0 bridgehead atoms. The molecule has 5 nitrogen and oxygen atoms in total. The quantitative estimate of drug-likeness (QED) is 0.781. The van der Waals surface area contributed by atoms with Crippen LogP contribution in [0.3, 0.4) is 0 Å². The normalized spacial score (nSPS) is 10.5. The van der Waals surface area contributed by atoms with Crippen molar-refractivity contribution in [3.63, 3.8) is 0 Å². The van der Waals surface area contributed by atoms with Crippen LogP contribution in [0, 0.1) is 0 Å². The first kappa shape index (κ1) is 14.5. The molecule has 22 heavy (non-hydrogen) atoms. The Hall–Kier alpha value is -2.47. The molecule has 0 atom stereocenters. The van der Waals surface area contributed by atoms with Crippen LogP contribution < -0.4 is 5.32 Å². The summed E-state index contributed by atoms with van der Waals surface area (Å²) in [4.78, 5) is 12.3. The van der Waals surface area contributed by atoms with Crippen molar-refractivity contribution in [3.05, 3.63) is 64.9 Å². The Bertz CT molecular complexity index is 828. The molecule has 0 aliphatic rings. The van der Waals surface area contributed by atoms with E-state index in [1.54, 1.807) is 12.4 Å². The number of nitrogens with one attached hydrogen (secondary N) is 1. The maximum atomic E-state index is 12.3. The lowest BCUT2D eigenvalue weighted by Crippen LogP contribution is -2.12. The first-order chi connectivity index (χ1) is 10.6. The summed E-state index contributed by atoms with van der Waals surface area (Å²) in [6.07, 6.45) is 1.64. The molecule has 1 amide bonds. The zero-order chi connectivity index (χ0) is 15.5. The van der Waals surface area contributed by atoms with Gasteiger partial charge in [0, 0.05) is 22.8 Å². The maximum absolute atomic E-state index is 12.3. The van der Waals surface area contributed by atoms with Gasteiger partial charge in [-0.05, 0) is 40.2 Å². The summed E-state index contributed by atoms with van der Waals surface area (Å²) in [6.45, 7) is 0. The van der Waals surface area contributed by atoms with Gasteiger partial charge in [0.1, 0.15) is 6.33 Å². The lowest BCUT2D eigenvalue weighted by Gasteiger charge is -2.08. The Morgan fingerprint density at radius 3 is 2.73 bits per heavy atom. The van der Waals surface area contributed by atoms with Crippen LogP contribution in [0.15, 0.2) is 59.3 Å². The average molecular weight is 357 g/mol. The van der Waals surface area contributed by atoms with Crippen LogP contribution in [0.25, 0.3) is 11.4 Å². The van der Waals surface area contributed by atoms with Gasteiger partial charge in [0.25, 0.3) is 5.91 Å². The third kappa shape index (κ3) is 2.92. The zero-order valence-corrected chi connectivity index (χ0v) is 13.4. The molecule has 3 rings (SSSR count). The van der Waals surface area contributed by atoms with Crippen LogP contribution in [-0.2, 0) is 7.05 Å². The Kier molecular flexibility index (Phi) is 4.02. The number of anilines is 1. The van der Waals surface area contributed by atoms with Crippen molar-refractivity contribution in [1.29, 1.82) is 0 Å². The van der Waals surface area contributed by atoms with Crippen molar-refractivity contribution in [2.75, 3.05) is 5.32 Å². The molecule has 1 aromatic heterocycles. The number of rotatable bonds is 3. The van der Waals surface area contributed by atoms with Crippen LogP contribution in [0.4, 0.5) is 5.69 Å². The molecule has 2 aromatic carbocycles. The summed E-state index contributed by atoms with van der Waals surface area (Å²) in [5.41, 5.74) is 2.19. The van der Waals surface area contributed by atoms with Crippen LogP contribution in [-0.4, -0.2) is 20.7 Å². The summed E-state index contributed by atoms with van der Waals surface area (Å²) in [5, 5.41) is 10.8. The Labute approximate surface area is 136 Å². The van der Waals surface area contributed by atoms with E-state index in [0.29, 0.717) is 11.3 Å². The lowest BCUT2D eigenvalue weighted by molar-refractivity contribution is 0.102. The van der Waals surface area contributed by atoms with E-state index in [2.05, 4.69) is 31.4 Å². The van der Waals surface area contributed by atoms with E-state index in [-0.39, 0.29) is 5.91 Å². The second kappa shape index (κ2) is 6.11. The van der Waals surface area contributed by atoms with Crippen LogP contribution in [0.2, 0.25) is 0 Å². The van der Waals surface area contributed by atoms with Gasteiger partial charge < -0.3 is 9.88 Å². The van der Waals surface area contributed by atoms with E-state index >= 15 is 0 Å². The van der Waals surface area contributed by atoms with Gasteiger partial charge in [-0.2, -0.15) is 0 Å². The van der Waals surface area contributed by atoms with Crippen molar-refractivity contribution < 1.29 is 4.79 Å². The van der Waals surface area contributed by atoms with Gasteiger partial charge >= 0.3 is 0 Å². The van der Waals surface area contributed by atoms with Crippen LogP contribution >= 0.6 is 15.9 Å². The second-order valence-corrected chi connectivity index (χ2v) is 5.63. The number of carbonyl (C=O) groups is 1. The van der Waals surface area contributed by atoms with Gasteiger partial charge in [-0.3, -0.25) is 4.79 Å². The summed E-state index contributed by atoms with van der Waals surface area (Å²) in [5.74, 6) is 0.583. The molecular formula is C16H13BrN4O. The van der Waals surface area contributed by atoms with E-state index in [0.717, 1.165) is 15.9 Å². The first-order valence-corrected chi connectivity index (χ1v) is 7.45. The van der Waals surface area contributed by atoms with Gasteiger partial charge in [-0.25, -0.2) is 0 Å². The molecule has 0 unspecified atom stereocenters. The molecule has 3 aromatic rings. The fourth-order valence-corrected chi connectivity index (χ4v) is 2.59. The summed E-state index contributed by atoms with van der Waals surface area (Å²) >= 11 is 3.38. The fraction of sp³-hybridized carbons (Fsp3) is 0.0625. The molecule has 0 radical (unpaired) electrons. The highest BCUT2D eigenvalue weighted by Crippen LogP contribution is 2.22. The summed E-state index contributed by atoms with van der Waals surface area (Å²) < 4.78 is 2.59. The summed E-state index contributed by atoms with van der Waals surface area (Å²) in [7, 11) is 1.88. The molecule has 0 spiro atoms. The molecule has 1 heterocycles. The number of hydrogen-bond acceptors (Lipinski definition) is 3. The number of hydrogen-bond donors (Lipinski definition) is 1. The van der Waals surface area contributed by atoms with Crippen molar-refractivity contribution in [2.45, 2.75) is 0 Å². The number of benzene rings is 2. The Balaban J connectivity index is 1.86. The SMILES string of the molecule is Cn1cnnc1-c1cccc(NC(=O)c2ccccc2Br)c1. The molecule has 0 fully saturated rings. The van der Waals surface area contributed by atoms with Crippen LogP contribution in [0.1, 0.15) is 10.4 Å². The largest absolute Gasteiger partial charge is 0.322 e. The highest BCUT2D eigenvalue weighted by molar-refractivity contribution is 9.10. The molecule has 0 saturated carbocycles. The van der Waals surface area contributed by atoms with Crippen molar-refractivity contribution in [2.24, 2.45) is 7.05 Å². The standard InChI is InChI=1S/C16H13BrN4O/c1-21-10-18-20-15(21)11-5-4-6-12(9-11)19-16(22)13-7-2-3-8-14(13)17/h2-10H,1H3,(H,19,22). The maximum Gasteiger partial charge on any atom is 0.256 e. The van der Waals surface area contributed by atoms with E-state index in [1.165, 1.54) is 0 Å². The Morgan fingerprint density at radius 2 is 2.00 bits per heavy atom. The van der Waals surface area contributed by atoms with Crippen LogP contribution in [0.5, 0.6) is 0 Å². The molecular weight excluding hydrogens is 344 g/mol. The van der Waals surface area contributed by atoms with E-state index < -0.39 is 0 Å². The second-order valence-electron chi connectivity index (χ2n) is 4.78. The van der Waals surface area contributed by atoms with E-state index in [1.807, 2.05) is 54.1 Å². The molecule has 0 aliphatic carbocycles. The van der Waals surface area contributed by atoms with Crippen molar-refractivity contribution >= 4 is 27.5 Å². The smallest absolute Gasteiger partial charge is 0.256 e. The number of aryl methyl sites for hydroxylation is 1. The molecule has 1 N–H and O–H groups in total. The molecule has 0 aliphatic heterocycles. The van der Waals surface area contributed by atoms with Gasteiger partial charge in [-0.1, -0.05) is 24.3 Å². The third-order valence-corrected chi connectivity index (χ3v) is 3.90. The number of amides is 1. The van der Waals surface area contributed by atoms with Gasteiger partial charge in [0.2, 0.25) is 0 Å². The van der Waals surface area contributed by atoms with Crippen molar-refractivity contribution in [1.82, 2.24) is 14.8 Å². The minimum atomic E-state index is -0.164. The number of aromatic nitrogens is 3. The zero-order valence-electron chi connectivity index (χ0n) is 11.8. The van der Waals surface area contributed by atoms with Gasteiger partial charge in [0.15, 0.2) is 5.82 Å². The molecule has 0 saturated heterocycles. The average Bonchev–Trinajstić information content (AvgIpc) is 2.94. The predicted molar refractivity (Wildman–Crippen MR) is 88.5 cm³/mol. The highest BCUT2D eigenvalue weighted by Gasteiger charge is 2.11. The van der Waals surface area contributed by atoms with Crippen molar-refractivity contribution in [3.8, 4) is 11.4 Å². The van der Waals surface area contributed by atoms with Gasteiger partial charge in [0.05, 0.1) is 5.56 Å². The summed E-state index contributed by atoms with van der Waals surface area (Å²) in [6, 6.07) is 14.8. The number of carbonyl (C=O) groups excluding carboxylic acids is 1. The van der Waals surface area contributed by atoms with Gasteiger partial charge in [-0.15, -0.1) is 10.2 Å². The predicted octanol–water partition coefficient (Wildman–Crippen LogP) is 3.50. The highest BCUT2D eigenvalue weighted by atomic mass is 79.9. The fourth-order valence-electron chi connectivity index (χ4n) is 2.12. The molecule has 110 valence electrons. The van der Waals surface area contributed by atoms with E-state index in [9.17, 15) is 4.79 Å².